The van der Waals surface area contributed by atoms with E-state index < -0.39 is 5.97 Å². The summed E-state index contributed by atoms with van der Waals surface area (Å²) < 4.78 is 0. The molecule has 0 saturated carbocycles. The minimum Gasteiger partial charge on any atom is -0.476 e. The highest BCUT2D eigenvalue weighted by molar-refractivity contribution is 7.09. The molecule has 1 aromatic rings. The second-order valence-corrected chi connectivity index (χ2v) is 5.75. The van der Waals surface area contributed by atoms with Gasteiger partial charge in [-0.05, 0) is 19.3 Å². The molecule has 1 aliphatic heterocycles. The molecule has 1 fully saturated rings. The van der Waals surface area contributed by atoms with Gasteiger partial charge in [0.05, 0.1) is 5.01 Å². The molecule has 1 aromatic heterocycles. The van der Waals surface area contributed by atoms with Crippen LogP contribution in [0.4, 0.5) is 4.79 Å². The topological polar surface area (TPSA) is 82.5 Å². The van der Waals surface area contributed by atoms with Crippen LogP contribution in [0.25, 0.3) is 0 Å². The maximum atomic E-state index is 12.0. The minimum absolute atomic E-state index is 0.0237. The van der Waals surface area contributed by atoms with Crippen LogP contribution in [0.5, 0.6) is 0 Å². The van der Waals surface area contributed by atoms with Crippen LogP contribution >= 0.6 is 11.3 Å². The predicted molar refractivity (Wildman–Crippen MR) is 76.2 cm³/mol. The summed E-state index contributed by atoms with van der Waals surface area (Å²) in [5.74, 6) is -1.01. The molecule has 0 bridgehead atoms. The molecule has 2 rings (SSSR count). The van der Waals surface area contributed by atoms with Crippen molar-refractivity contribution in [3.05, 3.63) is 16.1 Å². The highest BCUT2D eigenvalue weighted by Crippen LogP contribution is 2.19. The van der Waals surface area contributed by atoms with Crippen LogP contribution in [0.1, 0.15) is 41.7 Å². The summed E-state index contributed by atoms with van der Waals surface area (Å²) in [6.07, 6.45) is 3.70. The van der Waals surface area contributed by atoms with Crippen molar-refractivity contribution in [1.82, 2.24) is 15.2 Å². The van der Waals surface area contributed by atoms with Gasteiger partial charge in [0.25, 0.3) is 0 Å². The van der Waals surface area contributed by atoms with Crippen LogP contribution in [0.15, 0.2) is 5.38 Å². The number of aromatic nitrogens is 1. The van der Waals surface area contributed by atoms with Gasteiger partial charge in [-0.3, -0.25) is 0 Å². The van der Waals surface area contributed by atoms with E-state index in [4.69, 9.17) is 5.11 Å². The largest absolute Gasteiger partial charge is 0.476 e. The summed E-state index contributed by atoms with van der Waals surface area (Å²) in [5.41, 5.74) is 0.0712. The number of urea groups is 1. The zero-order valence-corrected chi connectivity index (χ0v) is 12.3. The number of hydrogen-bond acceptors (Lipinski definition) is 4. The van der Waals surface area contributed by atoms with Gasteiger partial charge >= 0.3 is 12.0 Å². The summed E-state index contributed by atoms with van der Waals surface area (Å²) in [4.78, 5) is 28.6. The van der Waals surface area contributed by atoms with Gasteiger partial charge in [-0.15, -0.1) is 11.3 Å². The minimum atomic E-state index is -1.01. The number of hydrogen-bond donors (Lipinski definition) is 2. The average Bonchev–Trinajstić information content (AvgIpc) is 3.07. The molecule has 2 heterocycles. The summed E-state index contributed by atoms with van der Waals surface area (Å²) in [6, 6.07) is 0.331. The Bertz CT molecular complexity index is 489. The van der Waals surface area contributed by atoms with Gasteiger partial charge in [-0.1, -0.05) is 6.92 Å². The number of carbonyl (C=O) groups excluding carboxylic acids is 1. The number of rotatable bonds is 5. The molecular weight excluding hydrogens is 278 g/mol. The van der Waals surface area contributed by atoms with Gasteiger partial charge < -0.3 is 15.3 Å². The number of nitrogens with zero attached hydrogens (tertiary/aromatic N) is 2. The molecule has 2 N–H and O–H groups in total. The molecule has 7 heteroatoms. The Morgan fingerprint density at radius 2 is 2.40 bits per heavy atom. The van der Waals surface area contributed by atoms with Gasteiger partial charge in [0, 0.05) is 30.9 Å². The molecule has 0 aromatic carbocycles. The molecule has 0 aliphatic carbocycles. The lowest BCUT2D eigenvalue weighted by Crippen LogP contribution is -2.43. The number of likely N-dealkylation sites (tertiary alicyclic amines) is 1. The molecule has 0 spiro atoms. The SMILES string of the molecule is CCC1CCCN1C(=O)NCCc1nc(C(=O)O)cs1. The monoisotopic (exact) mass is 297 g/mol. The Labute approximate surface area is 121 Å². The van der Waals surface area contributed by atoms with Crippen molar-refractivity contribution >= 4 is 23.3 Å². The third kappa shape index (κ3) is 3.47. The second kappa shape index (κ2) is 6.69. The van der Waals surface area contributed by atoms with Crippen molar-refractivity contribution in [1.29, 1.82) is 0 Å². The van der Waals surface area contributed by atoms with Crippen molar-refractivity contribution < 1.29 is 14.7 Å². The van der Waals surface area contributed by atoms with Gasteiger partial charge in [0.15, 0.2) is 5.69 Å². The third-order valence-electron chi connectivity index (χ3n) is 3.50. The first-order valence-electron chi connectivity index (χ1n) is 6.84. The Morgan fingerprint density at radius 1 is 1.60 bits per heavy atom. The Kier molecular flexibility index (Phi) is 4.94. The number of carbonyl (C=O) groups is 2. The van der Waals surface area contributed by atoms with Gasteiger partial charge in [0.1, 0.15) is 0 Å². The number of nitrogens with one attached hydrogen (secondary N) is 1. The predicted octanol–water partition coefficient (Wildman–Crippen LogP) is 1.97. The van der Waals surface area contributed by atoms with E-state index in [9.17, 15) is 9.59 Å². The van der Waals surface area contributed by atoms with Crippen molar-refractivity contribution in [2.75, 3.05) is 13.1 Å². The molecule has 1 saturated heterocycles. The van der Waals surface area contributed by atoms with Crippen LogP contribution in [0.3, 0.4) is 0 Å². The highest BCUT2D eigenvalue weighted by atomic mass is 32.1. The summed E-state index contributed by atoms with van der Waals surface area (Å²) >= 11 is 1.31. The summed E-state index contributed by atoms with van der Waals surface area (Å²) in [5, 5.41) is 13.9. The van der Waals surface area contributed by atoms with Crippen molar-refractivity contribution in [3.63, 3.8) is 0 Å². The fourth-order valence-corrected chi connectivity index (χ4v) is 3.20. The van der Waals surface area contributed by atoms with E-state index in [-0.39, 0.29) is 11.7 Å². The van der Waals surface area contributed by atoms with E-state index in [1.807, 2.05) is 4.90 Å². The van der Waals surface area contributed by atoms with E-state index in [0.29, 0.717) is 19.0 Å². The van der Waals surface area contributed by atoms with Crippen LogP contribution in [-0.2, 0) is 6.42 Å². The molecule has 1 unspecified atom stereocenters. The van der Waals surface area contributed by atoms with Crippen LogP contribution in [-0.4, -0.2) is 46.1 Å². The summed E-state index contributed by atoms with van der Waals surface area (Å²) in [6.45, 7) is 3.41. The lowest BCUT2D eigenvalue weighted by molar-refractivity contribution is 0.0691. The molecule has 1 aliphatic rings. The lowest BCUT2D eigenvalue weighted by Gasteiger charge is -2.23. The van der Waals surface area contributed by atoms with E-state index in [1.165, 1.54) is 16.7 Å². The zero-order chi connectivity index (χ0) is 14.5. The molecule has 0 radical (unpaired) electrons. The first kappa shape index (κ1) is 14.8. The molecule has 20 heavy (non-hydrogen) atoms. The maximum absolute atomic E-state index is 12.0. The van der Waals surface area contributed by atoms with Gasteiger partial charge in [-0.2, -0.15) is 0 Å². The van der Waals surface area contributed by atoms with Crippen molar-refractivity contribution in [2.24, 2.45) is 0 Å². The molecule has 110 valence electrons. The van der Waals surface area contributed by atoms with Crippen molar-refractivity contribution in [3.8, 4) is 0 Å². The Balaban J connectivity index is 1.77. The zero-order valence-electron chi connectivity index (χ0n) is 11.5. The highest BCUT2D eigenvalue weighted by Gasteiger charge is 2.26. The van der Waals surface area contributed by atoms with Gasteiger partial charge in [0.2, 0.25) is 0 Å². The number of thiazole rings is 1. The lowest BCUT2D eigenvalue weighted by atomic mass is 10.2. The van der Waals surface area contributed by atoms with Crippen molar-refractivity contribution in [2.45, 2.75) is 38.6 Å². The second-order valence-electron chi connectivity index (χ2n) is 4.81. The van der Waals surface area contributed by atoms with Crippen LogP contribution in [0.2, 0.25) is 0 Å². The smallest absolute Gasteiger partial charge is 0.355 e. The Hall–Kier alpha value is -1.63. The normalized spacial score (nSPS) is 18.2. The van der Waals surface area contributed by atoms with Crippen LogP contribution in [0, 0.1) is 0 Å². The first-order valence-corrected chi connectivity index (χ1v) is 7.72. The van der Waals surface area contributed by atoms with Gasteiger partial charge in [-0.25, -0.2) is 14.6 Å². The van der Waals surface area contributed by atoms with E-state index >= 15 is 0 Å². The number of amides is 2. The standard InChI is InChI=1S/C13H19N3O3S/c1-2-9-4-3-7-16(9)13(19)14-6-5-11-15-10(8-20-11)12(17)18/h8-9H,2-7H2,1H3,(H,14,19)(H,17,18). The number of carboxylic acids is 1. The summed E-state index contributed by atoms with van der Waals surface area (Å²) in [7, 11) is 0. The average molecular weight is 297 g/mol. The molecule has 1 atom stereocenters. The fourth-order valence-electron chi connectivity index (χ4n) is 2.43. The number of carboxylic acid groups (broad SMARTS) is 1. The van der Waals surface area contributed by atoms with E-state index in [2.05, 4.69) is 17.2 Å². The maximum Gasteiger partial charge on any atom is 0.355 e. The number of aromatic carboxylic acids is 1. The molecule has 2 amide bonds. The van der Waals surface area contributed by atoms with Crippen LogP contribution < -0.4 is 5.32 Å². The van der Waals surface area contributed by atoms with E-state index in [0.717, 1.165) is 30.8 Å². The fraction of sp³-hybridized carbons (Fsp3) is 0.615. The molecular formula is C13H19N3O3S. The third-order valence-corrected chi connectivity index (χ3v) is 4.40. The van der Waals surface area contributed by atoms with E-state index in [1.54, 1.807) is 0 Å². The molecule has 6 nitrogen and oxygen atoms in total. The Morgan fingerprint density at radius 3 is 3.05 bits per heavy atom. The first-order chi connectivity index (χ1) is 9.61. The quantitative estimate of drug-likeness (QED) is 0.870.